The first-order valence-electron chi connectivity index (χ1n) is 8.10. The number of amides is 1. The van der Waals surface area contributed by atoms with E-state index in [-0.39, 0.29) is 5.91 Å². The molecular weight excluding hydrogens is 324 g/mol. The Morgan fingerprint density at radius 2 is 2.09 bits per heavy atom. The molecule has 1 saturated carbocycles. The summed E-state index contributed by atoms with van der Waals surface area (Å²) < 4.78 is 3.24. The zero-order chi connectivity index (χ0) is 15.8. The van der Waals surface area contributed by atoms with Gasteiger partial charge in [0.2, 0.25) is 0 Å². The normalized spacial score (nSPS) is 15.5. The van der Waals surface area contributed by atoms with Crippen LogP contribution in [0, 0.1) is 0 Å². The lowest BCUT2D eigenvalue weighted by molar-refractivity contribution is 0.0657. The number of fused-ring (bicyclic) bond motifs is 1. The summed E-state index contributed by atoms with van der Waals surface area (Å²) in [6.07, 6.45) is 4.74. The fourth-order valence-corrected chi connectivity index (χ4v) is 5.11. The minimum absolute atomic E-state index is 0.177. The van der Waals surface area contributed by atoms with Gasteiger partial charge in [0.15, 0.2) is 0 Å². The summed E-state index contributed by atoms with van der Waals surface area (Å²) in [6, 6.07) is 8.73. The molecular formula is C18H20N2OS2. The Hall–Kier alpha value is -1.59. The van der Waals surface area contributed by atoms with Crippen LogP contribution in [0.1, 0.15) is 41.0 Å². The van der Waals surface area contributed by atoms with Crippen molar-refractivity contribution in [2.75, 3.05) is 0 Å². The Bertz CT molecular complexity index is 809. The average molecular weight is 345 g/mol. The average Bonchev–Trinajstić information content (AvgIpc) is 3.32. The van der Waals surface area contributed by atoms with Crippen LogP contribution in [0.2, 0.25) is 0 Å². The van der Waals surface area contributed by atoms with Gasteiger partial charge in [0, 0.05) is 18.0 Å². The summed E-state index contributed by atoms with van der Waals surface area (Å²) in [5, 5.41) is 4.17. The van der Waals surface area contributed by atoms with E-state index in [1.54, 1.807) is 22.7 Å². The molecule has 120 valence electrons. The molecule has 0 atom stereocenters. The molecule has 0 radical (unpaired) electrons. The van der Waals surface area contributed by atoms with E-state index in [9.17, 15) is 4.79 Å². The number of nitrogens with zero attached hydrogens (tertiary/aromatic N) is 2. The SMILES string of the molecule is Cn1c(C(=O)N(Cc2cccs2)C2CCCC2)cc2sccc21. The Balaban J connectivity index is 1.68. The standard InChI is InChI=1S/C18H20N2OS2/c1-19-15-8-10-23-17(15)11-16(19)18(21)20(13-5-2-3-6-13)12-14-7-4-9-22-14/h4,7-11,13H,2-3,5-6,12H2,1H3. The fraction of sp³-hybridized carbons (Fsp3) is 0.389. The Kier molecular flexibility index (Phi) is 3.99. The maximum absolute atomic E-state index is 13.3. The first kappa shape index (κ1) is 15.0. The van der Waals surface area contributed by atoms with Crippen molar-refractivity contribution in [1.29, 1.82) is 0 Å². The number of carbonyl (C=O) groups is 1. The highest BCUT2D eigenvalue weighted by molar-refractivity contribution is 7.17. The molecule has 4 rings (SSSR count). The zero-order valence-electron chi connectivity index (χ0n) is 13.2. The van der Waals surface area contributed by atoms with Gasteiger partial charge in [-0.05, 0) is 41.8 Å². The summed E-state index contributed by atoms with van der Waals surface area (Å²) in [6.45, 7) is 0.736. The van der Waals surface area contributed by atoms with Gasteiger partial charge in [-0.1, -0.05) is 18.9 Å². The molecule has 0 bridgehead atoms. The minimum Gasteiger partial charge on any atom is -0.339 e. The Morgan fingerprint density at radius 3 is 2.78 bits per heavy atom. The number of rotatable bonds is 4. The highest BCUT2D eigenvalue weighted by atomic mass is 32.1. The topological polar surface area (TPSA) is 25.2 Å². The van der Waals surface area contributed by atoms with E-state index in [0.717, 1.165) is 30.6 Å². The first-order valence-corrected chi connectivity index (χ1v) is 9.86. The third-order valence-electron chi connectivity index (χ3n) is 4.82. The molecule has 3 heterocycles. The van der Waals surface area contributed by atoms with Gasteiger partial charge in [-0.3, -0.25) is 4.79 Å². The van der Waals surface area contributed by atoms with E-state index in [1.807, 2.05) is 11.6 Å². The lowest BCUT2D eigenvalue weighted by Crippen LogP contribution is -2.38. The second-order valence-corrected chi connectivity index (χ2v) is 8.19. The number of thiophene rings is 2. The van der Waals surface area contributed by atoms with E-state index in [2.05, 4.69) is 39.9 Å². The quantitative estimate of drug-likeness (QED) is 0.662. The zero-order valence-corrected chi connectivity index (χ0v) is 14.8. The van der Waals surface area contributed by atoms with E-state index < -0.39 is 0 Å². The van der Waals surface area contributed by atoms with E-state index in [1.165, 1.54) is 22.4 Å². The molecule has 0 unspecified atom stereocenters. The predicted octanol–water partition coefficient (Wildman–Crippen LogP) is 4.89. The summed E-state index contributed by atoms with van der Waals surface area (Å²) in [4.78, 5) is 16.6. The van der Waals surface area contributed by atoms with E-state index in [0.29, 0.717) is 6.04 Å². The van der Waals surface area contributed by atoms with Crippen LogP contribution in [0.15, 0.2) is 35.0 Å². The van der Waals surface area contributed by atoms with Crippen LogP contribution < -0.4 is 0 Å². The largest absolute Gasteiger partial charge is 0.339 e. The van der Waals surface area contributed by atoms with Crippen molar-refractivity contribution in [1.82, 2.24) is 9.47 Å². The smallest absolute Gasteiger partial charge is 0.271 e. The second kappa shape index (κ2) is 6.13. The molecule has 0 spiro atoms. The summed E-state index contributed by atoms with van der Waals surface area (Å²) in [5.41, 5.74) is 1.97. The number of aryl methyl sites for hydroxylation is 1. The second-order valence-electron chi connectivity index (χ2n) is 6.21. The number of carbonyl (C=O) groups excluding carboxylic acids is 1. The summed E-state index contributed by atoms with van der Waals surface area (Å²) in [7, 11) is 2.00. The molecule has 0 N–H and O–H groups in total. The van der Waals surface area contributed by atoms with E-state index >= 15 is 0 Å². The van der Waals surface area contributed by atoms with Gasteiger partial charge in [0.25, 0.3) is 5.91 Å². The lowest BCUT2D eigenvalue weighted by atomic mass is 10.2. The Labute approximate surface area is 144 Å². The van der Waals surface area contributed by atoms with Crippen molar-refractivity contribution < 1.29 is 4.79 Å². The molecule has 1 aliphatic rings. The van der Waals surface area contributed by atoms with Crippen molar-refractivity contribution >= 4 is 38.8 Å². The molecule has 3 aromatic heterocycles. The van der Waals surface area contributed by atoms with Gasteiger partial charge < -0.3 is 9.47 Å². The molecule has 0 aliphatic heterocycles. The van der Waals surface area contributed by atoms with Crippen molar-refractivity contribution in [2.24, 2.45) is 7.05 Å². The van der Waals surface area contributed by atoms with Crippen LogP contribution in [0.3, 0.4) is 0 Å². The molecule has 1 aliphatic carbocycles. The van der Waals surface area contributed by atoms with Crippen LogP contribution in [0.5, 0.6) is 0 Å². The van der Waals surface area contributed by atoms with Gasteiger partial charge in [-0.25, -0.2) is 0 Å². The van der Waals surface area contributed by atoms with Crippen LogP contribution >= 0.6 is 22.7 Å². The maximum Gasteiger partial charge on any atom is 0.271 e. The van der Waals surface area contributed by atoms with Crippen molar-refractivity contribution in [2.45, 2.75) is 38.3 Å². The highest BCUT2D eigenvalue weighted by Gasteiger charge is 2.29. The molecule has 0 saturated heterocycles. The highest BCUT2D eigenvalue weighted by Crippen LogP contribution is 2.30. The van der Waals surface area contributed by atoms with Crippen molar-refractivity contribution in [3.63, 3.8) is 0 Å². The third-order valence-corrected chi connectivity index (χ3v) is 6.53. The Morgan fingerprint density at radius 1 is 1.26 bits per heavy atom. The predicted molar refractivity (Wildman–Crippen MR) is 97.2 cm³/mol. The van der Waals surface area contributed by atoms with Gasteiger partial charge in [-0.2, -0.15) is 0 Å². The third kappa shape index (κ3) is 2.72. The molecule has 3 aromatic rings. The monoisotopic (exact) mass is 344 g/mol. The first-order chi connectivity index (χ1) is 11.2. The van der Waals surface area contributed by atoms with Crippen molar-refractivity contribution in [3.8, 4) is 0 Å². The summed E-state index contributed by atoms with van der Waals surface area (Å²) in [5.74, 6) is 0.177. The summed E-state index contributed by atoms with van der Waals surface area (Å²) >= 11 is 3.43. The van der Waals surface area contributed by atoms with Crippen molar-refractivity contribution in [3.05, 3.63) is 45.6 Å². The number of hydrogen-bond acceptors (Lipinski definition) is 3. The number of aromatic nitrogens is 1. The molecule has 0 aromatic carbocycles. The van der Waals surface area contributed by atoms with E-state index in [4.69, 9.17) is 0 Å². The lowest BCUT2D eigenvalue weighted by Gasteiger charge is -2.28. The molecule has 5 heteroatoms. The van der Waals surface area contributed by atoms with Crippen LogP contribution in [-0.4, -0.2) is 21.4 Å². The van der Waals surface area contributed by atoms with Gasteiger partial charge in [-0.15, -0.1) is 22.7 Å². The van der Waals surface area contributed by atoms with Gasteiger partial charge >= 0.3 is 0 Å². The number of hydrogen-bond donors (Lipinski definition) is 0. The molecule has 23 heavy (non-hydrogen) atoms. The van der Waals surface area contributed by atoms with Crippen LogP contribution in [-0.2, 0) is 13.6 Å². The fourth-order valence-electron chi connectivity index (χ4n) is 3.56. The van der Waals surface area contributed by atoms with Gasteiger partial charge in [0.1, 0.15) is 5.69 Å². The molecule has 1 fully saturated rings. The molecule has 3 nitrogen and oxygen atoms in total. The maximum atomic E-state index is 13.3. The minimum atomic E-state index is 0.177. The van der Waals surface area contributed by atoms with Crippen LogP contribution in [0.25, 0.3) is 10.2 Å². The molecule has 1 amide bonds. The van der Waals surface area contributed by atoms with Gasteiger partial charge in [0.05, 0.1) is 16.8 Å². The van der Waals surface area contributed by atoms with Crippen LogP contribution in [0.4, 0.5) is 0 Å².